The SMILES string of the molecule is CCC(=O)NC1=CC(n2nncc2-c2ccc(-c3ccc4c(c3)CC(=O)N4)cc2)CC1. The minimum atomic E-state index is 0.0352. The molecule has 0 spiro atoms. The molecule has 31 heavy (non-hydrogen) atoms. The summed E-state index contributed by atoms with van der Waals surface area (Å²) < 4.78 is 1.92. The molecule has 7 heteroatoms. The lowest BCUT2D eigenvalue weighted by Crippen LogP contribution is -2.20. The summed E-state index contributed by atoms with van der Waals surface area (Å²) in [6.07, 6.45) is 6.46. The Morgan fingerprint density at radius 2 is 1.94 bits per heavy atom. The number of fused-ring (bicyclic) bond motifs is 1. The smallest absolute Gasteiger partial charge is 0.228 e. The van der Waals surface area contributed by atoms with Crippen molar-refractivity contribution < 1.29 is 9.59 Å². The normalized spacial score (nSPS) is 17.3. The Labute approximate surface area is 180 Å². The highest BCUT2D eigenvalue weighted by Gasteiger charge is 2.22. The van der Waals surface area contributed by atoms with E-state index in [0.717, 1.165) is 52.2 Å². The Bertz CT molecular complexity index is 1190. The van der Waals surface area contributed by atoms with Gasteiger partial charge in [0.25, 0.3) is 0 Å². The number of carbonyl (C=O) groups is 2. The molecule has 2 N–H and O–H groups in total. The van der Waals surface area contributed by atoms with Gasteiger partial charge in [-0.05, 0) is 47.7 Å². The monoisotopic (exact) mass is 413 g/mol. The van der Waals surface area contributed by atoms with Crippen LogP contribution in [0.25, 0.3) is 22.4 Å². The van der Waals surface area contributed by atoms with Crippen LogP contribution in [0.5, 0.6) is 0 Å². The maximum atomic E-state index is 11.7. The number of amides is 2. The van der Waals surface area contributed by atoms with Crippen molar-refractivity contribution in [3.63, 3.8) is 0 Å². The van der Waals surface area contributed by atoms with Crippen molar-refractivity contribution in [3.05, 3.63) is 66.0 Å². The molecular formula is C24H23N5O2. The number of nitrogens with one attached hydrogen (secondary N) is 2. The average molecular weight is 413 g/mol. The third-order valence-electron chi connectivity index (χ3n) is 5.86. The molecule has 3 aromatic rings. The van der Waals surface area contributed by atoms with Gasteiger partial charge in [0.05, 0.1) is 24.4 Å². The van der Waals surface area contributed by atoms with E-state index in [0.29, 0.717) is 12.8 Å². The quantitative estimate of drug-likeness (QED) is 0.665. The summed E-state index contributed by atoms with van der Waals surface area (Å²) in [6, 6.07) is 14.4. The molecule has 0 radical (unpaired) electrons. The van der Waals surface area contributed by atoms with E-state index in [-0.39, 0.29) is 17.9 Å². The predicted octanol–water partition coefficient (Wildman–Crippen LogP) is 3.85. The summed E-state index contributed by atoms with van der Waals surface area (Å²) in [6.45, 7) is 1.85. The van der Waals surface area contributed by atoms with Crippen molar-refractivity contribution >= 4 is 17.5 Å². The Morgan fingerprint density at radius 1 is 1.16 bits per heavy atom. The van der Waals surface area contributed by atoms with Crippen molar-refractivity contribution in [2.45, 2.75) is 38.6 Å². The number of allylic oxidation sites excluding steroid dienone is 2. The van der Waals surface area contributed by atoms with Gasteiger partial charge in [0.2, 0.25) is 11.8 Å². The predicted molar refractivity (Wildman–Crippen MR) is 118 cm³/mol. The Kier molecular flexibility index (Phi) is 4.86. The molecule has 1 atom stereocenters. The van der Waals surface area contributed by atoms with E-state index < -0.39 is 0 Å². The van der Waals surface area contributed by atoms with Crippen LogP contribution in [0.3, 0.4) is 0 Å². The van der Waals surface area contributed by atoms with Gasteiger partial charge in [0.15, 0.2) is 0 Å². The molecule has 7 nitrogen and oxygen atoms in total. The van der Waals surface area contributed by atoms with E-state index in [1.165, 1.54) is 0 Å². The van der Waals surface area contributed by atoms with Gasteiger partial charge in [-0.15, -0.1) is 5.10 Å². The molecule has 1 aliphatic carbocycles. The number of aromatic nitrogens is 3. The summed E-state index contributed by atoms with van der Waals surface area (Å²) in [5, 5.41) is 14.3. The first-order chi connectivity index (χ1) is 15.1. The summed E-state index contributed by atoms with van der Waals surface area (Å²) in [5.74, 6) is 0.0784. The summed E-state index contributed by atoms with van der Waals surface area (Å²) >= 11 is 0. The van der Waals surface area contributed by atoms with E-state index in [9.17, 15) is 9.59 Å². The van der Waals surface area contributed by atoms with E-state index in [1.54, 1.807) is 6.20 Å². The van der Waals surface area contributed by atoms with E-state index >= 15 is 0 Å². The van der Waals surface area contributed by atoms with Crippen molar-refractivity contribution in [2.24, 2.45) is 0 Å². The lowest BCUT2D eigenvalue weighted by Gasteiger charge is -2.12. The topological polar surface area (TPSA) is 88.9 Å². The minimum absolute atomic E-state index is 0.0352. The molecule has 1 aliphatic heterocycles. The Hall–Kier alpha value is -3.74. The van der Waals surface area contributed by atoms with E-state index in [1.807, 2.05) is 23.7 Å². The van der Waals surface area contributed by atoms with Crippen LogP contribution in [-0.4, -0.2) is 26.8 Å². The summed E-state index contributed by atoms with van der Waals surface area (Å²) in [4.78, 5) is 23.3. The number of hydrogen-bond donors (Lipinski definition) is 2. The highest BCUT2D eigenvalue weighted by Crippen LogP contribution is 2.33. The highest BCUT2D eigenvalue weighted by molar-refractivity contribution is 5.99. The summed E-state index contributed by atoms with van der Waals surface area (Å²) in [5.41, 5.74) is 7.05. The Balaban J connectivity index is 1.37. The molecular weight excluding hydrogens is 390 g/mol. The van der Waals surface area contributed by atoms with Crippen LogP contribution in [0.1, 0.15) is 37.8 Å². The minimum Gasteiger partial charge on any atom is -0.330 e. The molecule has 0 fully saturated rings. The third kappa shape index (κ3) is 3.74. The van der Waals surface area contributed by atoms with Crippen LogP contribution in [0.2, 0.25) is 0 Å². The van der Waals surface area contributed by atoms with Crippen LogP contribution >= 0.6 is 0 Å². The molecule has 5 rings (SSSR count). The fourth-order valence-corrected chi connectivity index (χ4v) is 4.20. The molecule has 2 amide bonds. The van der Waals surface area contributed by atoms with Gasteiger partial charge in [-0.2, -0.15) is 0 Å². The van der Waals surface area contributed by atoms with Crippen LogP contribution in [-0.2, 0) is 16.0 Å². The van der Waals surface area contributed by atoms with Gasteiger partial charge in [-0.1, -0.05) is 42.5 Å². The average Bonchev–Trinajstić information content (AvgIpc) is 3.51. The second-order valence-electron chi connectivity index (χ2n) is 7.94. The molecule has 2 aliphatic rings. The first kappa shape index (κ1) is 19.2. The molecule has 1 aromatic heterocycles. The number of anilines is 1. The first-order valence-corrected chi connectivity index (χ1v) is 10.5. The maximum absolute atomic E-state index is 11.7. The fraction of sp³-hybridized carbons (Fsp3) is 0.250. The van der Waals surface area contributed by atoms with E-state index in [2.05, 4.69) is 57.4 Å². The van der Waals surface area contributed by atoms with Crippen molar-refractivity contribution in [1.82, 2.24) is 20.3 Å². The van der Waals surface area contributed by atoms with Crippen molar-refractivity contribution in [3.8, 4) is 22.4 Å². The van der Waals surface area contributed by atoms with Gasteiger partial charge in [-0.25, -0.2) is 4.68 Å². The third-order valence-corrected chi connectivity index (χ3v) is 5.86. The lowest BCUT2D eigenvalue weighted by atomic mass is 10.00. The molecule has 0 saturated carbocycles. The second-order valence-corrected chi connectivity index (χ2v) is 7.94. The molecule has 1 unspecified atom stereocenters. The number of hydrogen-bond acceptors (Lipinski definition) is 4. The van der Waals surface area contributed by atoms with Crippen LogP contribution in [0, 0.1) is 0 Å². The van der Waals surface area contributed by atoms with Crippen LogP contribution in [0.4, 0.5) is 5.69 Å². The zero-order chi connectivity index (χ0) is 21.4. The highest BCUT2D eigenvalue weighted by atomic mass is 16.2. The molecule has 0 bridgehead atoms. The van der Waals surface area contributed by atoms with Gasteiger partial charge in [0.1, 0.15) is 0 Å². The van der Waals surface area contributed by atoms with Crippen LogP contribution in [0.15, 0.2) is 60.4 Å². The van der Waals surface area contributed by atoms with E-state index in [4.69, 9.17) is 0 Å². The number of carbonyl (C=O) groups excluding carboxylic acids is 2. The molecule has 2 aromatic carbocycles. The van der Waals surface area contributed by atoms with Gasteiger partial charge >= 0.3 is 0 Å². The standard InChI is InChI=1S/C24H23N5O2/c1-2-23(30)26-19-8-9-20(13-19)29-22(14-25-28-29)16-5-3-15(4-6-16)17-7-10-21-18(11-17)12-24(31)27-21/h3-7,10-11,13-14,20H,2,8-9,12H2,1H3,(H,26,30)(H,27,31). The fourth-order valence-electron chi connectivity index (χ4n) is 4.20. The molecule has 156 valence electrons. The van der Waals surface area contributed by atoms with Gasteiger partial charge < -0.3 is 10.6 Å². The maximum Gasteiger partial charge on any atom is 0.228 e. The van der Waals surface area contributed by atoms with Crippen molar-refractivity contribution in [2.75, 3.05) is 5.32 Å². The largest absolute Gasteiger partial charge is 0.330 e. The zero-order valence-electron chi connectivity index (χ0n) is 17.3. The first-order valence-electron chi connectivity index (χ1n) is 10.5. The van der Waals surface area contributed by atoms with Gasteiger partial charge in [-0.3, -0.25) is 9.59 Å². The number of benzene rings is 2. The number of nitrogens with zero attached hydrogens (tertiary/aromatic N) is 3. The van der Waals surface area contributed by atoms with Crippen LogP contribution < -0.4 is 10.6 Å². The zero-order valence-corrected chi connectivity index (χ0v) is 17.3. The molecule has 2 heterocycles. The summed E-state index contributed by atoms with van der Waals surface area (Å²) in [7, 11) is 0. The van der Waals surface area contributed by atoms with Crippen molar-refractivity contribution in [1.29, 1.82) is 0 Å². The molecule has 0 saturated heterocycles. The lowest BCUT2D eigenvalue weighted by molar-refractivity contribution is -0.120. The Morgan fingerprint density at radius 3 is 2.74 bits per heavy atom. The second kappa shape index (κ2) is 7.83. The number of rotatable bonds is 5. The van der Waals surface area contributed by atoms with Gasteiger partial charge in [0, 0.05) is 23.4 Å².